The summed E-state index contributed by atoms with van der Waals surface area (Å²) in [6, 6.07) is 8.58. The van der Waals surface area contributed by atoms with E-state index in [0.717, 1.165) is 77.3 Å². The predicted octanol–water partition coefficient (Wildman–Crippen LogP) is 2.10. The van der Waals surface area contributed by atoms with Crippen molar-refractivity contribution in [3.8, 4) is 11.5 Å². The molecule has 8 heteroatoms. The topological polar surface area (TPSA) is 83.7 Å². The van der Waals surface area contributed by atoms with Crippen molar-refractivity contribution in [3.05, 3.63) is 29.8 Å². The molecular weight excluding hydrogens is 382 g/mol. The summed E-state index contributed by atoms with van der Waals surface area (Å²) in [4.78, 5) is 17.0. The van der Waals surface area contributed by atoms with E-state index >= 15 is 0 Å². The number of rotatable bonds is 7. The lowest BCUT2D eigenvalue weighted by atomic mass is 9.96. The van der Waals surface area contributed by atoms with Crippen LogP contribution in [0.2, 0.25) is 0 Å². The van der Waals surface area contributed by atoms with E-state index in [1.807, 2.05) is 31.2 Å². The minimum Gasteiger partial charge on any atom is -0.403 e. The average Bonchev–Trinajstić information content (AvgIpc) is 3.28. The van der Waals surface area contributed by atoms with Gasteiger partial charge in [-0.25, -0.2) is 0 Å². The summed E-state index contributed by atoms with van der Waals surface area (Å²) in [6.07, 6.45) is 2.59. The van der Waals surface area contributed by atoms with E-state index in [2.05, 4.69) is 25.3 Å². The fraction of sp³-hybridized carbons (Fsp3) is 0.591. The van der Waals surface area contributed by atoms with Crippen molar-refractivity contribution in [2.24, 2.45) is 5.92 Å². The van der Waals surface area contributed by atoms with Gasteiger partial charge in [-0.05, 0) is 44.9 Å². The molecule has 162 valence electrons. The van der Waals surface area contributed by atoms with Crippen LogP contribution in [0.4, 0.5) is 6.01 Å². The average molecular weight is 414 g/mol. The number of anilines is 1. The molecule has 8 nitrogen and oxygen atoms in total. The number of morpholine rings is 1. The SMILES string of the molecule is Cc1ccc(-c2nnc(N3CCC(C(=O)NCCCN4CCOCC4)CC3)o2)cc1. The summed E-state index contributed by atoms with van der Waals surface area (Å²) in [7, 11) is 0. The van der Waals surface area contributed by atoms with Gasteiger partial charge in [0, 0.05) is 44.2 Å². The molecule has 0 unspecified atom stereocenters. The minimum absolute atomic E-state index is 0.0594. The molecule has 1 aromatic carbocycles. The van der Waals surface area contributed by atoms with Gasteiger partial charge in [0.05, 0.1) is 13.2 Å². The molecule has 2 aromatic rings. The van der Waals surface area contributed by atoms with Gasteiger partial charge in [-0.15, -0.1) is 5.10 Å². The lowest BCUT2D eigenvalue weighted by Gasteiger charge is -2.30. The third kappa shape index (κ3) is 5.37. The third-order valence-electron chi connectivity index (χ3n) is 5.90. The van der Waals surface area contributed by atoms with Crippen molar-refractivity contribution in [1.82, 2.24) is 20.4 Å². The lowest BCUT2D eigenvalue weighted by molar-refractivity contribution is -0.125. The molecule has 2 fully saturated rings. The molecule has 1 amide bonds. The molecule has 30 heavy (non-hydrogen) atoms. The van der Waals surface area contributed by atoms with Crippen LogP contribution < -0.4 is 10.2 Å². The van der Waals surface area contributed by atoms with Crippen LogP contribution in [0.1, 0.15) is 24.8 Å². The predicted molar refractivity (Wildman–Crippen MR) is 114 cm³/mol. The summed E-state index contributed by atoms with van der Waals surface area (Å²) >= 11 is 0. The third-order valence-corrected chi connectivity index (χ3v) is 5.90. The van der Waals surface area contributed by atoms with Gasteiger partial charge in [0.2, 0.25) is 11.8 Å². The summed E-state index contributed by atoms with van der Waals surface area (Å²) < 4.78 is 11.2. The van der Waals surface area contributed by atoms with Crippen LogP contribution in [-0.2, 0) is 9.53 Å². The first-order valence-electron chi connectivity index (χ1n) is 10.9. The maximum absolute atomic E-state index is 12.5. The number of nitrogens with one attached hydrogen (secondary N) is 1. The smallest absolute Gasteiger partial charge is 0.318 e. The van der Waals surface area contributed by atoms with Gasteiger partial charge >= 0.3 is 6.01 Å². The first-order valence-corrected chi connectivity index (χ1v) is 10.9. The number of nitrogens with zero attached hydrogens (tertiary/aromatic N) is 4. The Labute approximate surface area is 177 Å². The van der Waals surface area contributed by atoms with Crippen molar-refractivity contribution in [3.63, 3.8) is 0 Å². The first-order chi connectivity index (χ1) is 14.7. The highest BCUT2D eigenvalue weighted by Gasteiger charge is 2.27. The van der Waals surface area contributed by atoms with Crippen molar-refractivity contribution in [2.45, 2.75) is 26.2 Å². The lowest BCUT2D eigenvalue weighted by Crippen LogP contribution is -2.42. The molecule has 0 saturated carbocycles. The van der Waals surface area contributed by atoms with Crippen molar-refractivity contribution < 1.29 is 13.9 Å². The van der Waals surface area contributed by atoms with Crippen LogP contribution >= 0.6 is 0 Å². The van der Waals surface area contributed by atoms with E-state index < -0.39 is 0 Å². The number of aromatic nitrogens is 2. The number of ether oxygens (including phenoxy) is 1. The second-order valence-corrected chi connectivity index (χ2v) is 8.12. The van der Waals surface area contributed by atoms with Gasteiger partial charge in [0.15, 0.2) is 0 Å². The maximum Gasteiger partial charge on any atom is 0.318 e. The summed E-state index contributed by atoms with van der Waals surface area (Å²) in [5.41, 5.74) is 2.12. The van der Waals surface area contributed by atoms with Crippen LogP contribution in [-0.4, -0.2) is 73.5 Å². The largest absolute Gasteiger partial charge is 0.403 e. The van der Waals surface area contributed by atoms with Gasteiger partial charge in [-0.1, -0.05) is 22.8 Å². The van der Waals surface area contributed by atoms with Gasteiger partial charge < -0.3 is 19.4 Å². The van der Waals surface area contributed by atoms with Crippen LogP contribution in [0.3, 0.4) is 0 Å². The number of aryl methyl sites for hydroxylation is 1. The Morgan fingerprint density at radius 1 is 1.10 bits per heavy atom. The number of hydrogen-bond donors (Lipinski definition) is 1. The molecule has 0 radical (unpaired) electrons. The Balaban J connectivity index is 1.19. The first kappa shape index (κ1) is 20.8. The number of amides is 1. The molecule has 2 saturated heterocycles. The van der Waals surface area contributed by atoms with Crippen molar-refractivity contribution >= 4 is 11.9 Å². The zero-order chi connectivity index (χ0) is 20.8. The van der Waals surface area contributed by atoms with Crippen molar-refractivity contribution in [2.75, 3.05) is 57.4 Å². The Bertz CT molecular complexity index is 808. The monoisotopic (exact) mass is 413 g/mol. The fourth-order valence-electron chi connectivity index (χ4n) is 3.97. The van der Waals surface area contributed by atoms with Crippen LogP contribution in [0.25, 0.3) is 11.5 Å². The Morgan fingerprint density at radius 3 is 2.57 bits per heavy atom. The summed E-state index contributed by atoms with van der Waals surface area (Å²) in [6.45, 7) is 8.93. The van der Waals surface area contributed by atoms with E-state index in [9.17, 15) is 4.79 Å². The normalized spacial score (nSPS) is 18.5. The molecule has 0 spiro atoms. The highest BCUT2D eigenvalue weighted by atomic mass is 16.5. The quantitative estimate of drug-likeness (QED) is 0.696. The fourth-order valence-corrected chi connectivity index (χ4v) is 3.97. The van der Waals surface area contributed by atoms with Gasteiger partial charge in [0.25, 0.3) is 0 Å². The second kappa shape index (κ2) is 10.0. The maximum atomic E-state index is 12.5. The van der Waals surface area contributed by atoms with Crippen LogP contribution in [0, 0.1) is 12.8 Å². The number of piperidine rings is 1. The Kier molecular flexibility index (Phi) is 6.96. The number of carbonyl (C=O) groups is 1. The molecule has 0 aliphatic carbocycles. The molecule has 0 atom stereocenters. The molecule has 2 aliphatic heterocycles. The minimum atomic E-state index is 0.0594. The van der Waals surface area contributed by atoms with Gasteiger partial charge in [-0.3, -0.25) is 9.69 Å². The highest BCUT2D eigenvalue weighted by Crippen LogP contribution is 2.26. The van der Waals surface area contributed by atoms with E-state index in [1.165, 1.54) is 5.56 Å². The second-order valence-electron chi connectivity index (χ2n) is 8.12. The Morgan fingerprint density at radius 2 is 1.83 bits per heavy atom. The van der Waals surface area contributed by atoms with E-state index in [0.29, 0.717) is 11.9 Å². The zero-order valence-electron chi connectivity index (χ0n) is 17.7. The molecule has 4 rings (SSSR count). The van der Waals surface area contributed by atoms with Crippen molar-refractivity contribution in [1.29, 1.82) is 0 Å². The molecule has 0 bridgehead atoms. The number of carbonyl (C=O) groups excluding carboxylic acids is 1. The molecular formula is C22H31N5O3. The molecule has 3 heterocycles. The summed E-state index contributed by atoms with van der Waals surface area (Å²) in [5, 5.41) is 11.5. The standard InChI is InChI=1S/C22H31N5O3/c1-17-3-5-19(6-4-17)21-24-25-22(30-21)27-11-7-18(8-12-27)20(28)23-9-2-10-26-13-15-29-16-14-26/h3-6,18H,2,7-16H2,1H3,(H,23,28). The number of hydrogen-bond acceptors (Lipinski definition) is 7. The molecule has 1 N–H and O–H groups in total. The van der Waals surface area contributed by atoms with Gasteiger partial charge in [-0.2, -0.15) is 0 Å². The highest BCUT2D eigenvalue weighted by molar-refractivity contribution is 5.78. The van der Waals surface area contributed by atoms with Crippen LogP contribution in [0.5, 0.6) is 0 Å². The molecule has 1 aromatic heterocycles. The Hall–Kier alpha value is -2.45. The zero-order valence-corrected chi connectivity index (χ0v) is 17.7. The van der Waals surface area contributed by atoms with E-state index in [-0.39, 0.29) is 11.8 Å². The number of benzene rings is 1. The van der Waals surface area contributed by atoms with E-state index in [4.69, 9.17) is 9.15 Å². The van der Waals surface area contributed by atoms with Gasteiger partial charge in [0.1, 0.15) is 0 Å². The van der Waals surface area contributed by atoms with Crippen LogP contribution in [0.15, 0.2) is 28.7 Å². The summed E-state index contributed by atoms with van der Waals surface area (Å²) in [5.74, 6) is 0.761. The van der Waals surface area contributed by atoms with E-state index in [1.54, 1.807) is 0 Å². The molecule has 2 aliphatic rings.